The molecular formula is C12H19BrN2O3S. The van der Waals surface area contributed by atoms with Gasteiger partial charge in [0.2, 0.25) is 10.0 Å². The average molecular weight is 351 g/mol. The van der Waals surface area contributed by atoms with Crippen LogP contribution < -0.4 is 5.73 Å². The van der Waals surface area contributed by atoms with Crippen molar-refractivity contribution >= 4 is 31.6 Å². The number of aryl methyl sites for hydroxylation is 1. The van der Waals surface area contributed by atoms with Crippen LogP contribution in [0.4, 0.5) is 5.69 Å². The second-order valence-electron chi connectivity index (χ2n) is 5.08. The fraction of sp³-hybridized carbons (Fsp3) is 0.500. The smallest absolute Gasteiger partial charge is 0.243 e. The van der Waals surface area contributed by atoms with Crippen LogP contribution in [0.5, 0.6) is 0 Å². The van der Waals surface area contributed by atoms with Crippen LogP contribution in [0, 0.1) is 6.92 Å². The molecule has 1 rings (SSSR count). The Hall–Kier alpha value is -0.630. The summed E-state index contributed by atoms with van der Waals surface area (Å²) in [5.74, 6) is 0. The summed E-state index contributed by atoms with van der Waals surface area (Å²) in [7, 11) is -2.26. The Labute approximate surface area is 122 Å². The molecule has 1 aromatic rings. The zero-order valence-corrected chi connectivity index (χ0v) is 13.8. The largest absolute Gasteiger partial charge is 0.398 e. The van der Waals surface area contributed by atoms with E-state index in [9.17, 15) is 13.5 Å². The van der Waals surface area contributed by atoms with Gasteiger partial charge in [-0.25, -0.2) is 8.42 Å². The number of anilines is 1. The Morgan fingerprint density at radius 2 is 1.95 bits per heavy atom. The van der Waals surface area contributed by atoms with Gasteiger partial charge < -0.3 is 10.8 Å². The standard InChI is InChI=1S/C12H19BrN2O3S/c1-8-5-9(13)10(14)6-11(8)19(17,18)15(4)12(2,3)7-16/h5-6,16H,7,14H2,1-4H3. The van der Waals surface area contributed by atoms with Gasteiger partial charge in [-0.3, -0.25) is 0 Å². The van der Waals surface area contributed by atoms with Gasteiger partial charge in [0.25, 0.3) is 0 Å². The lowest BCUT2D eigenvalue weighted by Crippen LogP contribution is -2.47. The van der Waals surface area contributed by atoms with E-state index in [2.05, 4.69) is 15.9 Å². The van der Waals surface area contributed by atoms with Crippen LogP contribution in [-0.2, 0) is 10.0 Å². The van der Waals surface area contributed by atoms with Crippen molar-refractivity contribution in [3.05, 3.63) is 22.2 Å². The summed E-state index contributed by atoms with van der Waals surface area (Å²) in [6.07, 6.45) is 0. The topological polar surface area (TPSA) is 83.6 Å². The van der Waals surface area contributed by atoms with Crippen molar-refractivity contribution in [2.24, 2.45) is 0 Å². The number of nitrogens with zero attached hydrogens (tertiary/aromatic N) is 1. The highest BCUT2D eigenvalue weighted by Crippen LogP contribution is 2.30. The maximum atomic E-state index is 12.6. The van der Waals surface area contributed by atoms with E-state index in [4.69, 9.17) is 5.73 Å². The van der Waals surface area contributed by atoms with Crippen LogP contribution >= 0.6 is 15.9 Å². The molecule has 0 radical (unpaired) electrons. The van der Waals surface area contributed by atoms with E-state index < -0.39 is 15.6 Å². The summed E-state index contributed by atoms with van der Waals surface area (Å²) in [4.78, 5) is 0.150. The average Bonchev–Trinajstić information content (AvgIpc) is 2.32. The molecule has 0 aliphatic heterocycles. The minimum absolute atomic E-state index is 0.150. The number of hydrogen-bond donors (Lipinski definition) is 2. The predicted molar refractivity (Wildman–Crippen MR) is 79.4 cm³/mol. The molecule has 0 saturated heterocycles. The van der Waals surface area contributed by atoms with Crippen LogP contribution in [0.25, 0.3) is 0 Å². The van der Waals surface area contributed by atoms with Crippen molar-refractivity contribution in [1.82, 2.24) is 4.31 Å². The van der Waals surface area contributed by atoms with Crippen LogP contribution in [0.15, 0.2) is 21.5 Å². The van der Waals surface area contributed by atoms with Gasteiger partial charge in [0, 0.05) is 17.2 Å². The molecule has 3 N–H and O–H groups in total. The summed E-state index contributed by atoms with van der Waals surface area (Å²) in [6, 6.07) is 3.10. The first-order valence-electron chi connectivity index (χ1n) is 5.69. The zero-order valence-electron chi connectivity index (χ0n) is 11.4. The van der Waals surface area contributed by atoms with Crippen molar-refractivity contribution in [3.8, 4) is 0 Å². The Balaban J connectivity index is 3.40. The molecule has 19 heavy (non-hydrogen) atoms. The van der Waals surface area contributed by atoms with Crippen molar-refractivity contribution < 1.29 is 13.5 Å². The molecule has 0 aromatic heterocycles. The number of likely N-dealkylation sites (N-methyl/N-ethyl adjacent to an activating group) is 1. The molecule has 0 spiro atoms. The third-order valence-electron chi connectivity index (χ3n) is 3.17. The molecule has 0 aliphatic rings. The molecule has 5 nitrogen and oxygen atoms in total. The first-order chi connectivity index (χ1) is 8.54. The maximum Gasteiger partial charge on any atom is 0.243 e. The van der Waals surface area contributed by atoms with Crippen LogP contribution in [0.2, 0.25) is 0 Å². The number of nitrogen functional groups attached to an aromatic ring is 1. The summed E-state index contributed by atoms with van der Waals surface area (Å²) in [6.45, 7) is 4.74. The fourth-order valence-electron chi connectivity index (χ4n) is 1.52. The monoisotopic (exact) mass is 350 g/mol. The summed E-state index contributed by atoms with van der Waals surface area (Å²) in [5.41, 5.74) is 5.83. The van der Waals surface area contributed by atoms with Crippen molar-refractivity contribution in [2.45, 2.75) is 31.2 Å². The number of rotatable bonds is 4. The highest BCUT2D eigenvalue weighted by molar-refractivity contribution is 9.10. The lowest BCUT2D eigenvalue weighted by atomic mass is 10.1. The highest BCUT2D eigenvalue weighted by Gasteiger charge is 2.34. The molecule has 0 saturated carbocycles. The molecule has 1 aromatic carbocycles. The molecule has 0 atom stereocenters. The van der Waals surface area contributed by atoms with Gasteiger partial charge >= 0.3 is 0 Å². The molecule has 0 bridgehead atoms. The van der Waals surface area contributed by atoms with Gasteiger partial charge in [0.15, 0.2) is 0 Å². The molecule has 0 fully saturated rings. The number of sulfonamides is 1. The fourth-order valence-corrected chi connectivity index (χ4v) is 3.72. The highest BCUT2D eigenvalue weighted by atomic mass is 79.9. The van der Waals surface area contributed by atoms with Crippen molar-refractivity contribution in [1.29, 1.82) is 0 Å². The van der Waals surface area contributed by atoms with Gasteiger partial charge in [0.05, 0.1) is 17.0 Å². The van der Waals surface area contributed by atoms with E-state index in [1.165, 1.54) is 13.1 Å². The van der Waals surface area contributed by atoms with E-state index in [0.717, 1.165) is 4.31 Å². The third-order valence-corrected chi connectivity index (χ3v) is 6.07. The molecular weight excluding hydrogens is 332 g/mol. The normalized spacial score (nSPS) is 13.0. The van der Waals surface area contributed by atoms with Crippen molar-refractivity contribution in [3.63, 3.8) is 0 Å². The van der Waals surface area contributed by atoms with E-state index in [1.54, 1.807) is 26.8 Å². The second kappa shape index (κ2) is 5.40. The third kappa shape index (κ3) is 3.10. The quantitative estimate of drug-likeness (QED) is 0.810. The number of aliphatic hydroxyl groups is 1. The molecule has 7 heteroatoms. The Morgan fingerprint density at radius 3 is 2.42 bits per heavy atom. The molecule has 108 valence electrons. The van der Waals surface area contributed by atoms with E-state index in [1.807, 2.05) is 0 Å². The van der Waals surface area contributed by atoms with Crippen LogP contribution in [0.1, 0.15) is 19.4 Å². The van der Waals surface area contributed by atoms with Gasteiger partial charge in [0.1, 0.15) is 0 Å². The predicted octanol–water partition coefficient (Wildman–Crippen LogP) is 1.73. The van der Waals surface area contributed by atoms with E-state index >= 15 is 0 Å². The minimum Gasteiger partial charge on any atom is -0.398 e. The molecule has 0 amide bonds. The van der Waals surface area contributed by atoms with Gasteiger partial charge in [-0.05, 0) is 54.4 Å². The first-order valence-corrected chi connectivity index (χ1v) is 7.93. The number of nitrogens with two attached hydrogens (primary N) is 1. The van der Waals surface area contributed by atoms with Crippen molar-refractivity contribution in [2.75, 3.05) is 19.4 Å². The summed E-state index contributed by atoms with van der Waals surface area (Å²) in [5, 5.41) is 9.30. The second-order valence-corrected chi connectivity index (χ2v) is 7.87. The van der Waals surface area contributed by atoms with Gasteiger partial charge in [-0.1, -0.05) is 0 Å². The number of hydrogen-bond acceptors (Lipinski definition) is 4. The number of benzene rings is 1. The Bertz CT molecular complexity index is 585. The first kappa shape index (κ1) is 16.4. The number of halogens is 1. The molecule has 0 heterocycles. The summed E-state index contributed by atoms with van der Waals surface area (Å²) >= 11 is 3.26. The molecule has 0 aliphatic carbocycles. The minimum atomic E-state index is -3.71. The van der Waals surface area contributed by atoms with Crippen LogP contribution in [-0.4, -0.2) is 37.0 Å². The summed E-state index contributed by atoms with van der Waals surface area (Å²) < 4.78 is 27.0. The van der Waals surface area contributed by atoms with Gasteiger partial charge in [-0.2, -0.15) is 4.31 Å². The maximum absolute atomic E-state index is 12.6. The lowest BCUT2D eigenvalue weighted by molar-refractivity contribution is 0.138. The molecule has 0 unspecified atom stereocenters. The van der Waals surface area contributed by atoms with Crippen LogP contribution in [0.3, 0.4) is 0 Å². The van der Waals surface area contributed by atoms with E-state index in [0.29, 0.717) is 15.7 Å². The van der Waals surface area contributed by atoms with E-state index in [-0.39, 0.29) is 11.5 Å². The zero-order chi connectivity index (χ0) is 15.0. The van der Waals surface area contributed by atoms with Gasteiger partial charge in [-0.15, -0.1) is 0 Å². The number of aliphatic hydroxyl groups excluding tert-OH is 1. The lowest BCUT2D eigenvalue weighted by Gasteiger charge is -2.33. The Morgan fingerprint density at radius 1 is 1.42 bits per heavy atom. The SMILES string of the molecule is Cc1cc(Br)c(N)cc1S(=O)(=O)N(C)C(C)(C)CO. The Kier molecular flexibility index (Phi) is 4.66.